The van der Waals surface area contributed by atoms with Crippen LogP contribution < -0.4 is 0 Å². The highest BCUT2D eigenvalue weighted by atomic mass is 79.9. The lowest BCUT2D eigenvalue weighted by Crippen LogP contribution is -2.47. The second kappa shape index (κ2) is 6.35. The minimum absolute atomic E-state index is 0.0228. The van der Waals surface area contributed by atoms with E-state index < -0.39 is 17.9 Å². The number of likely N-dealkylation sites (tertiary alicyclic amines) is 1. The fraction of sp³-hybridized carbons (Fsp3) is 0.529. The third kappa shape index (κ3) is 3.41. The number of hydrogen-bond acceptors (Lipinski definition) is 3. The van der Waals surface area contributed by atoms with Gasteiger partial charge in [-0.2, -0.15) is 5.10 Å². The van der Waals surface area contributed by atoms with Gasteiger partial charge in [0.25, 0.3) is 0 Å². The molecule has 2 heterocycles. The van der Waals surface area contributed by atoms with Crippen LogP contribution in [0.1, 0.15) is 33.2 Å². The van der Waals surface area contributed by atoms with Crippen LogP contribution in [-0.2, 0) is 4.74 Å². The third-order valence-electron chi connectivity index (χ3n) is 4.06. The van der Waals surface area contributed by atoms with Crippen molar-refractivity contribution in [2.24, 2.45) is 0 Å². The zero-order valence-electron chi connectivity index (χ0n) is 14.0. The molecule has 0 bridgehead atoms. The van der Waals surface area contributed by atoms with Gasteiger partial charge in [0.15, 0.2) is 0 Å². The Hall–Kier alpha value is -1.63. The Morgan fingerprint density at radius 3 is 2.83 bits per heavy atom. The standard InChI is InChI=1S/C17H21BrFN3O2/c1-17(2,3)24-16(23)21-8-7-15(13(19)10-21)22-14-6-4-5-12(18)11(14)9-20-22/h4-6,9,13,15H,7-8,10H2,1-3H3/t13-,15+/m1/s1. The average Bonchev–Trinajstić information content (AvgIpc) is 2.90. The van der Waals surface area contributed by atoms with E-state index >= 15 is 0 Å². The summed E-state index contributed by atoms with van der Waals surface area (Å²) in [6.07, 6.45) is 0.598. The highest BCUT2D eigenvalue weighted by Crippen LogP contribution is 2.31. The summed E-state index contributed by atoms with van der Waals surface area (Å²) >= 11 is 3.49. The minimum Gasteiger partial charge on any atom is -0.444 e. The Labute approximate surface area is 148 Å². The summed E-state index contributed by atoms with van der Waals surface area (Å²) in [5.41, 5.74) is 0.312. The number of nitrogens with zero attached hydrogens (tertiary/aromatic N) is 3. The van der Waals surface area contributed by atoms with E-state index in [1.165, 1.54) is 4.90 Å². The van der Waals surface area contributed by atoms with Crippen LogP contribution in [0.15, 0.2) is 28.9 Å². The van der Waals surface area contributed by atoms with E-state index in [0.29, 0.717) is 13.0 Å². The van der Waals surface area contributed by atoms with Gasteiger partial charge >= 0.3 is 6.09 Å². The normalized spacial score (nSPS) is 22.0. The fourth-order valence-electron chi connectivity index (χ4n) is 2.96. The van der Waals surface area contributed by atoms with Crippen molar-refractivity contribution >= 4 is 32.9 Å². The molecule has 0 aliphatic carbocycles. The van der Waals surface area contributed by atoms with Crippen LogP contribution in [0, 0.1) is 0 Å². The number of fused-ring (bicyclic) bond motifs is 1. The molecule has 1 fully saturated rings. The number of carbonyl (C=O) groups excluding carboxylic acids is 1. The van der Waals surface area contributed by atoms with Crippen LogP contribution >= 0.6 is 15.9 Å². The smallest absolute Gasteiger partial charge is 0.410 e. The number of alkyl halides is 1. The predicted octanol–water partition coefficient (Wildman–Crippen LogP) is 4.32. The molecule has 1 aromatic heterocycles. The van der Waals surface area contributed by atoms with Crippen molar-refractivity contribution in [3.63, 3.8) is 0 Å². The lowest BCUT2D eigenvalue weighted by molar-refractivity contribution is 0.00614. The summed E-state index contributed by atoms with van der Waals surface area (Å²) in [6, 6.07) is 5.40. The number of carbonyl (C=O) groups is 1. The molecule has 7 heteroatoms. The number of aromatic nitrogens is 2. The number of benzene rings is 1. The van der Waals surface area contributed by atoms with Gasteiger partial charge in [-0.05, 0) is 39.3 Å². The molecule has 1 aliphatic rings. The van der Waals surface area contributed by atoms with Crippen molar-refractivity contribution in [3.8, 4) is 0 Å². The topological polar surface area (TPSA) is 47.4 Å². The maximum atomic E-state index is 14.8. The van der Waals surface area contributed by atoms with Crippen LogP contribution in [0.5, 0.6) is 0 Å². The van der Waals surface area contributed by atoms with Crippen molar-refractivity contribution in [2.45, 2.75) is 45.0 Å². The highest BCUT2D eigenvalue weighted by Gasteiger charge is 2.35. The van der Waals surface area contributed by atoms with Crippen LogP contribution in [-0.4, -0.2) is 45.6 Å². The summed E-state index contributed by atoms with van der Waals surface area (Å²) in [5, 5.41) is 5.33. The lowest BCUT2D eigenvalue weighted by Gasteiger charge is -2.35. The Balaban J connectivity index is 1.76. The van der Waals surface area contributed by atoms with Gasteiger partial charge < -0.3 is 9.64 Å². The van der Waals surface area contributed by atoms with Gasteiger partial charge in [-0.25, -0.2) is 9.18 Å². The van der Waals surface area contributed by atoms with Gasteiger partial charge in [-0.15, -0.1) is 0 Å². The molecule has 0 radical (unpaired) electrons. The van der Waals surface area contributed by atoms with Gasteiger partial charge in [-0.1, -0.05) is 22.0 Å². The molecule has 1 saturated heterocycles. The number of piperidine rings is 1. The third-order valence-corrected chi connectivity index (χ3v) is 4.75. The van der Waals surface area contributed by atoms with Gasteiger partial charge in [0.05, 0.1) is 24.3 Å². The Kier molecular flexibility index (Phi) is 4.55. The molecule has 0 spiro atoms. The number of halogens is 2. The molecule has 0 saturated carbocycles. The molecule has 130 valence electrons. The molecule has 1 aliphatic heterocycles. The molecule has 5 nitrogen and oxygen atoms in total. The number of rotatable bonds is 1. The average molecular weight is 398 g/mol. The fourth-order valence-corrected chi connectivity index (χ4v) is 3.42. The largest absolute Gasteiger partial charge is 0.444 e. The first kappa shape index (κ1) is 17.2. The summed E-state index contributed by atoms with van der Waals surface area (Å²) in [4.78, 5) is 13.6. The van der Waals surface area contributed by atoms with Gasteiger partial charge in [0.2, 0.25) is 0 Å². The first-order valence-corrected chi connectivity index (χ1v) is 8.79. The quantitative estimate of drug-likeness (QED) is 0.719. The van der Waals surface area contributed by atoms with Crippen molar-refractivity contribution in [3.05, 3.63) is 28.9 Å². The maximum absolute atomic E-state index is 14.8. The van der Waals surface area contributed by atoms with Crippen molar-refractivity contribution in [1.29, 1.82) is 0 Å². The molecular weight excluding hydrogens is 377 g/mol. The van der Waals surface area contributed by atoms with Gasteiger partial charge in [-0.3, -0.25) is 4.68 Å². The molecule has 1 amide bonds. The van der Waals surface area contributed by atoms with E-state index in [4.69, 9.17) is 4.74 Å². The Morgan fingerprint density at radius 1 is 1.42 bits per heavy atom. The van der Waals surface area contributed by atoms with E-state index in [9.17, 15) is 9.18 Å². The van der Waals surface area contributed by atoms with Crippen LogP contribution in [0.2, 0.25) is 0 Å². The molecular formula is C17H21BrFN3O2. The molecule has 24 heavy (non-hydrogen) atoms. The highest BCUT2D eigenvalue weighted by molar-refractivity contribution is 9.10. The molecule has 2 aromatic rings. The van der Waals surface area contributed by atoms with Gasteiger partial charge in [0, 0.05) is 16.4 Å². The molecule has 0 unspecified atom stereocenters. The summed E-state index contributed by atoms with van der Waals surface area (Å²) < 4.78 is 22.8. The van der Waals surface area contributed by atoms with Gasteiger partial charge in [0.1, 0.15) is 11.8 Å². The number of hydrogen-bond donors (Lipinski definition) is 0. The molecule has 0 N–H and O–H groups in total. The first-order chi connectivity index (χ1) is 11.3. The van der Waals surface area contributed by atoms with Crippen molar-refractivity contribution in [1.82, 2.24) is 14.7 Å². The van der Waals surface area contributed by atoms with Crippen LogP contribution in [0.3, 0.4) is 0 Å². The Morgan fingerprint density at radius 2 is 2.17 bits per heavy atom. The second-order valence-electron chi connectivity index (χ2n) is 7.06. The second-order valence-corrected chi connectivity index (χ2v) is 7.91. The molecule has 2 atom stereocenters. The molecule has 3 rings (SSSR count). The minimum atomic E-state index is -1.19. The first-order valence-electron chi connectivity index (χ1n) is 8.00. The zero-order valence-corrected chi connectivity index (χ0v) is 15.6. The van der Waals surface area contributed by atoms with E-state index in [0.717, 1.165) is 15.4 Å². The van der Waals surface area contributed by atoms with E-state index in [1.807, 2.05) is 18.2 Å². The van der Waals surface area contributed by atoms with E-state index in [-0.39, 0.29) is 12.6 Å². The summed E-state index contributed by atoms with van der Waals surface area (Å²) in [7, 11) is 0. The van der Waals surface area contributed by atoms with Crippen molar-refractivity contribution < 1.29 is 13.9 Å². The van der Waals surface area contributed by atoms with E-state index in [1.54, 1.807) is 31.6 Å². The van der Waals surface area contributed by atoms with E-state index in [2.05, 4.69) is 21.0 Å². The summed E-state index contributed by atoms with van der Waals surface area (Å²) in [6.45, 7) is 5.89. The molecule has 1 aromatic carbocycles. The number of amides is 1. The monoisotopic (exact) mass is 397 g/mol. The Bertz CT molecular complexity index is 756. The number of ether oxygens (including phenoxy) is 1. The summed E-state index contributed by atoms with van der Waals surface area (Å²) in [5.74, 6) is 0. The SMILES string of the molecule is CC(C)(C)OC(=O)N1CC[C@H](n2ncc3c(Br)cccc32)[C@H](F)C1. The van der Waals surface area contributed by atoms with Crippen LogP contribution in [0.25, 0.3) is 10.9 Å². The zero-order chi connectivity index (χ0) is 17.5. The lowest BCUT2D eigenvalue weighted by atomic mass is 10.0. The maximum Gasteiger partial charge on any atom is 0.410 e. The predicted molar refractivity (Wildman–Crippen MR) is 93.8 cm³/mol. The van der Waals surface area contributed by atoms with Crippen molar-refractivity contribution in [2.75, 3.05) is 13.1 Å². The van der Waals surface area contributed by atoms with Crippen LogP contribution in [0.4, 0.5) is 9.18 Å².